The van der Waals surface area contributed by atoms with E-state index >= 15 is 0 Å². The summed E-state index contributed by atoms with van der Waals surface area (Å²) in [6.07, 6.45) is 1.60. The molecule has 0 radical (unpaired) electrons. The van der Waals surface area contributed by atoms with Gasteiger partial charge in [0.1, 0.15) is 0 Å². The number of hydrogen-bond acceptors (Lipinski definition) is 3. The van der Waals surface area contributed by atoms with Crippen molar-refractivity contribution < 1.29 is 19.5 Å². The number of hydrogen-bond donors (Lipinski definition) is 3. The normalized spacial score (nSPS) is 21.8. The van der Waals surface area contributed by atoms with Gasteiger partial charge >= 0.3 is 6.09 Å². The lowest BCUT2D eigenvalue weighted by Gasteiger charge is -2.42. The van der Waals surface area contributed by atoms with Crippen molar-refractivity contribution in [1.82, 2.24) is 15.8 Å². The highest BCUT2D eigenvalue weighted by Gasteiger charge is 2.37. The molecule has 0 aromatic heterocycles. The first-order valence-corrected chi connectivity index (χ1v) is 8.46. The molecule has 0 atom stereocenters. The Bertz CT molecular complexity index is 483. The molecule has 1 fully saturated rings. The number of rotatable bonds is 2. The second-order valence-corrected chi connectivity index (χ2v) is 8.52. The Kier molecular flexibility index (Phi) is 6.25. The van der Waals surface area contributed by atoms with Crippen molar-refractivity contribution in [3.8, 4) is 0 Å². The molecule has 7 heteroatoms. The van der Waals surface area contributed by atoms with Gasteiger partial charge in [-0.15, -0.1) is 0 Å². The van der Waals surface area contributed by atoms with Gasteiger partial charge in [-0.05, 0) is 46.5 Å². The van der Waals surface area contributed by atoms with Crippen LogP contribution in [0.4, 0.5) is 4.79 Å². The third kappa shape index (κ3) is 5.39. The van der Waals surface area contributed by atoms with Crippen molar-refractivity contribution in [1.29, 1.82) is 0 Å². The zero-order valence-electron chi connectivity index (χ0n) is 15.6. The Labute approximate surface area is 144 Å². The predicted molar refractivity (Wildman–Crippen MR) is 91.1 cm³/mol. The fourth-order valence-corrected chi connectivity index (χ4v) is 2.99. The highest BCUT2D eigenvalue weighted by Crippen LogP contribution is 2.31. The summed E-state index contributed by atoms with van der Waals surface area (Å²) < 4.78 is 0. The molecule has 24 heavy (non-hydrogen) atoms. The summed E-state index contributed by atoms with van der Waals surface area (Å²) >= 11 is 0. The van der Waals surface area contributed by atoms with Crippen LogP contribution >= 0.6 is 0 Å². The molecule has 1 saturated carbocycles. The van der Waals surface area contributed by atoms with Crippen molar-refractivity contribution >= 4 is 17.9 Å². The van der Waals surface area contributed by atoms with E-state index in [2.05, 4.69) is 10.9 Å². The fraction of sp³-hybridized carbons (Fsp3) is 0.824. The number of hydrazine groups is 1. The van der Waals surface area contributed by atoms with Crippen LogP contribution in [0.15, 0.2) is 0 Å². The molecular formula is C17H31N3O4. The minimum atomic E-state index is -0.923. The predicted octanol–water partition coefficient (Wildman–Crippen LogP) is 2.52. The van der Waals surface area contributed by atoms with E-state index in [4.69, 9.17) is 0 Å². The molecule has 0 spiro atoms. The third-order valence-corrected chi connectivity index (χ3v) is 4.34. The molecule has 3 amide bonds. The summed E-state index contributed by atoms with van der Waals surface area (Å²) in [4.78, 5) is 37.0. The van der Waals surface area contributed by atoms with E-state index in [1.807, 2.05) is 20.8 Å². The second kappa shape index (κ2) is 7.40. The number of carbonyl (C=O) groups is 3. The molecule has 0 heterocycles. The van der Waals surface area contributed by atoms with Crippen LogP contribution in [0.1, 0.15) is 67.2 Å². The standard InChI is InChI=1S/C17H31N3O4/c1-16(2,3)14(22)19-18-13(21)11-7-9-12(10-8-11)20(15(23)24)17(4,5)6/h11-12H,7-10H2,1-6H3,(H,18,21)(H,19,22)(H,23,24). The smallest absolute Gasteiger partial charge is 0.407 e. The van der Waals surface area contributed by atoms with Gasteiger partial charge in [-0.25, -0.2) is 4.79 Å². The van der Waals surface area contributed by atoms with Crippen LogP contribution in [0.2, 0.25) is 0 Å². The Morgan fingerprint density at radius 2 is 1.42 bits per heavy atom. The van der Waals surface area contributed by atoms with E-state index in [1.165, 1.54) is 4.90 Å². The molecule has 0 aromatic carbocycles. The SMILES string of the molecule is CC(C)(C)C(=O)NNC(=O)C1CCC(N(C(=O)O)C(C)(C)C)CC1. The summed E-state index contributed by atoms with van der Waals surface area (Å²) in [6.45, 7) is 10.9. The molecule has 0 aliphatic heterocycles. The van der Waals surface area contributed by atoms with E-state index < -0.39 is 17.0 Å². The molecule has 1 rings (SSSR count). The highest BCUT2D eigenvalue weighted by atomic mass is 16.4. The van der Waals surface area contributed by atoms with Crippen molar-refractivity contribution in [3.05, 3.63) is 0 Å². The van der Waals surface area contributed by atoms with Crippen LogP contribution in [0, 0.1) is 11.3 Å². The van der Waals surface area contributed by atoms with E-state index in [1.54, 1.807) is 20.8 Å². The number of nitrogens with zero attached hydrogens (tertiary/aromatic N) is 1. The van der Waals surface area contributed by atoms with Gasteiger partial charge in [0.15, 0.2) is 0 Å². The number of carbonyl (C=O) groups excluding carboxylic acids is 2. The van der Waals surface area contributed by atoms with E-state index in [9.17, 15) is 19.5 Å². The molecular weight excluding hydrogens is 310 g/mol. The van der Waals surface area contributed by atoms with Gasteiger partial charge in [-0.1, -0.05) is 20.8 Å². The summed E-state index contributed by atoms with van der Waals surface area (Å²) in [5.41, 5.74) is 3.90. The average molecular weight is 341 g/mol. The molecule has 3 N–H and O–H groups in total. The summed E-state index contributed by atoms with van der Waals surface area (Å²) in [5.74, 6) is -0.643. The topological polar surface area (TPSA) is 98.7 Å². The van der Waals surface area contributed by atoms with Crippen molar-refractivity contribution in [2.45, 2.75) is 78.8 Å². The number of nitrogens with one attached hydrogen (secondary N) is 2. The van der Waals surface area contributed by atoms with Crippen LogP contribution in [0.25, 0.3) is 0 Å². The lowest BCUT2D eigenvalue weighted by Crippen LogP contribution is -2.53. The lowest BCUT2D eigenvalue weighted by atomic mass is 9.83. The van der Waals surface area contributed by atoms with Gasteiger partial charge in [0.25, 0.3) is 0 Å². The van der Waals surface area contributed by atoms with Crippen molar-refractivity contribution in [2.75, 3.05) is 0 Å². The van der Waals surface area contributed by atoms with E-state index in [0.29, 0.717) is 25.7 Å². The maximum atomic E-state index is 12.2. The van der Waals surface area contributed by atoms with Crippen LogP contribution in [-0.2, 0) is 9.59 Å². The van der Waals surface area contributed by atoms with E-state index in [0.717, 1.165) is 0 Å². The van der Waals surface area contributed by atoms with Gasteiger partial charge in [-0.2, -0.15) is 0 Å². The van der Waals surface area contributed by atoms with Crippen LogP contribution in [0.3, 0.4) is 0 Å². The Morgan fingerprint density at radius 1 is 0.917 bits per heavy atom. The molecule has 0 saturated heterocycles. The molecule has 0 aromatic rings. The number of amides is 3. The fourth-order valence-electron chi connectivity index (χ4n) is 2.99. The van der Waals surface area contributed by atoms with Crippen LogP contribution in [-0.4, -0.2) is 39.5 Å². The lowest BCUT2D eigenvalue weighted by molar-refractivity contribution is -0.135. The Balaban J connectivity index is 2.54. The average Bonchev–Trinajstić information content (AvgIpc) is 2.42. The molecule has 1 aliphatic carbocycles. The largest absolute Gasteiger partial charge is 0.465 e. The van der Waals surface area contributed by atoms with Gasteiger partial charge in [0.2, 0.25) is 11.8 Å². The maximum Gasteiger partial charge on any atom is 0.407 e. The summed E-state index contributed by atoms with van der Waals surface area (Å²) in [7, 11) is 0. The Hall–Kier alpha value is -1.79. The van der Waals surface area contributed by atoms with Gasteiger partial charge < -0.3 is 10.0 Å². The van der Waals surface area contributed by atoms with E-state index in [-0.39, 0.29) is 23.8 Å². The zero-order valence-corrected chi connectivity index (χ0v) is 15.6. The first kappa shape index (κ1) is 20.3. The highest BCUT2D eigenvalue weighted by molar-refractivity contribution is 5.85. The van der Waals surface area contributed by atoms with Gasteiger partial charge in [-0.3, -0.25) is 20.4 Å². The maximum absolute atomic E-state index is 12.2. The zero-order chi connectivity index (χ0) is 18.7. The number of carboxylic acid groups (broad SMARTS) is 1. The minimum absolute atomic E-state index is 0.0734. The van der Waals surface area contributed by atoms with Crippen LogP contribution in [0.5, 0.6) is 0 Å². The molecule has 1 aliphatic rings. The first-order chi connectivity index (χ1) is 10.8. The van der Waals surface area contributed by atoms with Crippen molar-refractivity contribution in [2.24, 2.45) is 11.3 Å². The molecule has 138 valence electrons. The Morgan fingerprint density at radius 3 is 1.79 bits per heavy atom. The summed E-state index contributed by atoms with van der Waals surface area (Å²) in [5, 5.41) is 9.46. The van der Waals surface area contributed by atoms with Crippen molar-refractivity contribution in [3.63, 3.8) is 0 Å². The van der Waals surface area contributed by atoms with Gasteiger partial charge in [0, 0.05) is 22.9 Å². The summed E-state index contributed by atoms with van der Waals surface area (Å²) in [6, 6.07) is -0.0734. The van der Waals surface area contributed by atoms with Gasteiger partial charge in [0.05, 0.1) is 0 Å². The molecule has 0 unspecified atom stereocenters. The molecule has 0 bridgehead atoms. The quantitative estimate of drug-likeness (QED) is 0.672. The monoisotopic (exact) mass is 341 g/mol. The second-order valence-electron chi connectivity index (χ2n) is 8.52. The third-order valence-electron chi connectivity index (χ3n) is 4.34. The molecule has 7 nitrogen and oxygen atoms in total. The van der Waals surface area contributed by atoms with Crippen LogP contribution < -0.4 is 10.9 Å². The minimum Gasteiger partial charge on any atom is -0.465 e. The first-order valence-electron chi connectivity index (χ1n) is 8.46.